The van der Waals surface area contributed by atoms with Crippen molar-refractivity contribution in [2.24, 2.45) is 0 Å². The van der Waals surface area contributed by atoms with Gasteiger partial charge in [-0.2, -0.15) is 0 Å². The molecule has 0 aromatic carbocycles. The summed E-state index contributed by atoms with van der Waals surface area (Å²) in [4.78, 5) is 22.5. The lowest BCUT2D eigenvalue weighted by atomic mass is 10.0. The molecule has 0 atom stereocenters. The highest BCUT2D eigenvalue weighted by molar-refractivity contribution is 6.11. The van der Waals surface area contributed by atoms with Crippen LogP contribution < -0.4 is 0 Å². The summed E-state index contributed by atoms with van der Waals surface area (Å²) in [6.07, 6.45) is 5.01. The second-order valence-corrected chi connectivity index (χ2v) is 3.76. The van der Waals surface area contributed by atoms with Gasteiger partial charge in [-0.15, -0.1) is 0 Å². The summed E-state index contributed by atoms with van der Waals surface area (Å²) in [6.45, 7) is 0. The summed E-state index contributed by atoms with van der Waals surface area (Å²) in [5.74, 6) is -2.26. The summed E-state index contributed by atoms with van der Waals surface area (Å²) >= 11 is 0. The number of carboxylic acid groups (broad SMARTS) is 2. The topological polar surface area (TPSA) is 101 Å². The third-order valence-electron chi connectivity index (χ3n) is 2.41. The van der Waals surface area contributed by atoms with Crippen molar-refractivity contribution in [2.75, 3.05) is 0 Å². The SMILES string of the molecule is O=C(O)C(=Cc1ccco1)C(=Cc1ccco1)C(=O)O. The van der Waals surface area contributed by atoms with Crippen LogP contribution in [-0.2, 0) is 9.59 Å². The van der Waals surface area contributed by atoms with E-state index in [4.69, 9.17) is 8.83 Å². The van der Waals surface area contributed by atoms with Crippen LogP contribution in [0.15, 0.2) is 56.8 Å². The van der Waals surface area contributed by atoms with Crippen molar-refractivity contribution < 1.29 is 28.6 Å². The molecular formula is C14H10O6. The molecule has 0 aliphatic heterocycles. The molecule has 0 aliphatic carbocycles. The molecule has 2 aromatic rings. The van der Waals surface area contributed by atoms with E-state index in [1.165, 1.54) is 24.7 Å². The Morgan fingerprint density at radius 3 is 1.50 bits per heavy atom. The molecule has 6 heteroatoms. The number of hydrogen-bond acceptors (Lipinski definition) is 4. The predicted octanol–water partition coefficient (Wildman–Crippen LogP) is 2.51. The lowest BCUT2D eigenvalue weighted by molar-refractivity contribution is -0.136. The van der Waals surface area contributed by atoms with Gasteiger partial charge in [0, 0.05) is 0 Å². The van der Waals surface area contributed by atoms with Gasteiger partial charge < -0.3 is 19.0 Å². The molecule has 0 amide bonds. The minimum atomic E-state index is -1.37. The first-order chi connectivity index (χ1) is 9.58. The van der Waals surface area contributed by atoms with Crippen LogP contribution in [0.1, 0.15) is 11.5 Å². The molecule has 102 valence electrons. The molecule has 0 spiro atoms. The Morgan fingerprint density at radius 2 is 1.25 bits per heavy atom. The van der Waals surface area contributed by atoms with Gasteiger partial charge in [0.15, 0.2) is 0 Å². The Kier molecular flexibility index (Phi) is 3.85. The van der Waals surface area contributed by atoms with E-state index in [1.807, 2.05) is 0 Å². The molecule has 2 N–H and O–H groups in total. The molecule has 6 nitrogen and oxygen atoms in total. The molecule has 0 unspecified atom stereocenters. The number of aliphatic carboxylic acids is 2. The summed E-state index contributed by atoms with van der Waals surface area (Å²) in [6, 6.07) is 6.19. The van der Waals surface area contributed by atoms with E-state index in [2.05, 4.69) is 0 Å². The smallest absolute Gasteiger partial charge is 0.336 e. The minimum absolute atomic E-state index is 0.244. The number of furan rings is 2. The molecule has 2 aromatic heterocycles. The fourth-order valence-electron chi connectivity index (χ4n) is 1.54. The van der Waals surface area contributed by atoms with Gasteiger partial charge in [-0.25, -0.2) is 9.59 Å². The van der Waals surface area contributed by atoms with Gasteiger partial charge >= 0.3 is 11.9 Å². The number of hydrogen-bond donors (Lipinski definition) is 2. The first kappa shape index (κ1) is 13.4. The molecular weight excluding hydrogens is 264 g/mol. The fourth-order valence-corrected chi connectivity index (χ4v) is 1.54. The largest absolute Gasteiger partial charge is 0.478 e. The Labute approximate surface area is 113 Å². The number of rotatable bonds is 5. The van der Waals surface area contributed by atoms with Gasteiger partial charge in [0.25, 0.3) is 0 Å². The summed E-state index contributed by atoms with van der Waals surface area (Å²) in [5.41, 5.74) is -0.798. The highest BCUT2D eigenvalue weighted by Crippen LogP contribution is 2.19. The van der Waals surface area contributed by atoms with E-state index < -0.39 is 23.1 Å². The lowest BCUT2D eigenvalue weighted by Crippen LogP contribution is -2.11. The average molecular weight is 274 g/mol. The quantitative estimate of drug-likeness (QED) is 0.641. The maximum Gasteiger partial charge on any atom is 0.336 e. The zero-order chi connectivity index (χ0) is 14.5. The van der Waals surface area contributed by atoms with Crippen LogP contribution in [0.3, 0.4) is 0 Å². The zero-order valence-corrected chi connectivity index (χ0v) is 10.1. The van der Waals surface area contributed by atoms with Gasteiger partial charge in [0.05, 0.1) is 23.7 Å². The van der Waals surface area contributed by atoms with Crippen molar-refractivity contribution in [3.05, 3.63) is 59.5 Å². The van der Waals surface area contributed by atoms with Gasteiger partial charge in [0.2, 0.25) is 0 Å². The monoisotopic (exact) mass is 274 g/mol. The van der Waals surface area contributed by atoms with Crippen LogP contribution >= 0.6 is 0 Å². The maximum atomic E-state index is 11.3. The van der Waals surface area contributed by atoms with Crippen molar-refractivity contribution in [2.45, 2.75) is 0 Å². The molecule has 2 rings (SSSR count). The molecule has 2 heterocycles. The van der Waals surface area contributed by atoms with Crippen LogP contribution in [0, 0.1) is 0 Å². The lowest BCUT2D eigenvalue weighted by Gasteiger charge is -2.02. The highest BCUT2D eigenvalue weighted by Gasteiger charge is 2.21. The minimum Gasteiger partial charge on any atom is -0.478 e. The Bertz CT molecular complexity index is 598. The van der Waals surface area contributed by atoms with E-state index in [0.29, 0.717) is 0 Å². The van der Waals surface area contributed by atoms with Crippen molar-refractivity contribution in [1.29, 1.82) is 0 Å². The molecule has 0 radical (unpaired) electrons. The molecule has 20 heavy (non-hydrogen) atoms. The first-order valence-electron chi connectivity index (χ1n) is 5.55. The first-order valence-corrected chi connectivity index (χ1v) is 5.55. The van der Waals surface area contributed by atoms with Gasteiger partial charge in [-0.05, 0) is 36.4 Å². The molecule has 0 fully saturated rings. The highest BCUT2D eigenvalue weighted by atomic mass is 16.4. The predicted molar refractivity (Wildman–Crippen MR) is 68.6 cm³/mol. The summed E-state index contributed by atoms with van der Waals surface area (Å²) < 4.78 is 9.99. The van der Waals surface area contributed by atoms with Crippen LogP contribution in [-0.4, -0.2) is 22.2 Å². The van der Waals surface area contributed by atoms with Crippen LogP contribution in [0.2, 0.25) is 0 Å². The third-order valence-corrected chi connectivity index (χ3v) is 2.41. The normalized spacial score (nSPS) is 12.4. The van der Waals surface area contributed by atoms with E-state index in [0.717, 1.165) is 12.2 Å². The second kappa shape index (κ2) is 5.75. The van der Waals surface area contributed by atoms with E-state index in [1.54, 1.807) is 12.1 Å². The van der Waals surface area contributed by atoms with E-state index in [9.17, 15) is 19.8 Å². The standard InChI is InChI=1S/C14H10O6/c15-13(16)11(7-9-3-1-5-19-9)12(14(17)18)8-10-4-2-6-20-10/h1-8H,(H,15,16)(H,17,18). The van der Waals surface area contributed by atoms with Crippen molar-refractivity contribution in [3.8, 4) is 0 Å². The molecule has 0 saturated carbocycles. The van der Waals surface area contributed by atoms with Gasteiger partial charge in [-0.3, -0.25) is 0 Å². The zero-order valence-electron chi connectivity index (χ0n) is 10.1. The number of carbonyl (C=O) groups is 2. The van der Waals surface area contributed by atoms with Gasteiger partial charge in [0.1, 0.15) is 11.5 Å². The van der Waals surface area contributed by atoms with E-state index in [-0.39, 0.29) is 11.5 Å². The average Bonchev–Trinajstić information content (AvgIpc) is 3.06. The summed E-state index contributed by atoms with van der Waals surface area (Å²) in [5, 5.41) is 18.4. The molecule has 0 saturated heterocycles. The molecule has 0 bridgehead atoms. The van der Waals surface area contributed by atoms with Crippen molar-refractivity contribution in [1.82, 2.24) is 0 Å². The maximum absolute atomic E-state index is 11.3. The Balaban J connectivity index is 2.49. The third kappa shape index (κ3) is 3.05. The second-order valence-electron chi connectivity index (χ2n) is 3.76. The summed E-state index contributed by atoms with van der Waals surface area (Å²) in [7, 11) is 0. The molecule has 0 aliphatic rings. The van der Waals surface area contributed by atoms with E-state index >= 15 is 0 Å². The van der Waals surface area contributed by atoms with Crippen molar-refractivity contribution >= 4 is 24.1 Å². The van der Waals surface area contributed by atoms with Crippen molar-refractivity contribution in [3.63, 3.8) is 0 Å². The fraction of sp³-hybridized carbons (Fsp3) is 0. The van der Waals surface area contributed by atoms with Gasteiger partial charge in [-0.1, -0.05) is 0 Å². The number of carboxylic acids is 2. The van der Waals surface area contributed by atoms with Crippen LogP contribution in [0.25, 0.3) is 12.2 Å². The van der Waals surface area contributed by atoms with Crippen LogP contribution in [0.4, 0.5) is 0 Å². The Morgan fingerprint density at radius 1 is 0.850 bits per heavy atom. The van der Waals surface area contributed by atoms with Crippen LogP contribution in [0.5, 0.6) is 0 Å². The Hall–Kier alpha value is -3.02.